The number of amides is 1. The molecule has 1 aromatic carbocycles. The molecule has 0 bridgehead atoms. The fraction of sp³-hybridized carbons (Fsp3) is 0.562. The Kier molecular flexibility index (Phi) is 4.87. The average Bonchev–Trinajstić information content (AvgIpc) is 2.55. The summed E-state index contributed by atoms with van der Waals surface area (Å²) in [4.78, 5) is 12.3. The van der Waals surface area contributed by atoms with Crippen LogP contribution in [0.4, 0.5) is 0 Å². The maximum absolute atomic E-state index is 12.3. The van der Waals surface area contributed by atoms with Crippen molar-refractivity contribution in [2.75, 3.05) is 0 Å². The van der Waals surface area contributed by atoms with Gasteiger partial charge in [0, 0.05) is 11.6 Å². The van der Waals surface area contributed by atoms with Gasteiger partial charge in [0.1, 0.15) is 0 Å². The van der Waals surface area contributed by atoms with Gasteiger partial charge in [-0.25, -0.2) is 0 Å². The Balaban J connectivity index is 2.07. The molecular formula is C16H22ClNO. The van der Waals surface area contributed by atoms with Crippen LogP contribution in [-0.2, 0) is 0 Å². The van der Waals surface area contributed by atoms with Gasteiger partial charge in [0.2, 0.25) is 0 Å². The van der Waals surface area contributed by atoms with E-state index in [0.29, 0.717) is 0 Å². The Labute approximate surface area is 120 Å². The van der Waals surface area contributed by atoms with Gasteiger partial charge in [0.15, 0.2) is 0 Å². The number of rotatable bonds is 2. The van der Waals surface area contributed by atoms with E-state index in [9.17, 15) is 4.79 Å². The van der Waals surface area contributed by atoms with E-state index in [4.69, 9.17) is 11.6 Å². The van der Waals surface area contributed by atoms with Gasteiger partial charge in [-0.2, -0.15) is 0 Å². The van der Waals surface area contributed by atoms with Gasteiger partial charge >= 0.3 is 0 Å². The first-order valence-corrected chi connectivity index (χ1v) is 7.54. The van der Waals surface area contributed by atoms with Crippen LogP contribution in [0.15, 0.2) is 18.2 Å². The van der Waals surface area contributed by atoms with Gasteiger partial charge in [0.05, 0.1) is 5.38 Å². The maximum atomic E-state index is 12.3. The molecule has 0 radical (unpaired) electrons. The predicted octanol–water partition coefficient (Wildman–Crippen LogP) is 3.97. The minimum Gasteiger partial charge on any atom is -0.348 e. The molecule has 1 aromatic rings. The van der Waals surface area contributed by atoms with E-state index in [0.717, 1.165) is 30.4 Å². The highest BCUT2D eigenvalue weighted by atomic mass is 35.5. The third-order valence-electron chi connectivity index (χ3n) is 3.87. The second kappa shape index (κ2) is 6.42. The lowest BCUT2D eigenvalue weighted by Gasteiger charge is -2.21. The van der Waals surface area contributed by atoms with Crippen molar-refractivity contribution in [1.82, 2.24) is 5.32 Å². The second-order valence-electron chi connectivity index (χ2n) is 5.55. The summed E-state index contributed by atoms with van der Waals surface area (Å²) in [5.74, 6) is 0.00931. The molecular weight excluding hydrogens is 258 g/mol. The summed E-state index contributed by atoms with van der Waals surface area (Å²) in [5, 5.41) is 3.18. The van der Waals surface area contributed by atoms with Crippen molar-refractivity contribution in [3.05, 3.63) is 34.9 Å². The molecule has 104 valence electrons. The number of hydrogen-bond acceptors (Lipinski definition) is 1. The van der Waals surface area contributed by atoms with Gasteiger partial charge in [-0.15, -0.1) is 11.6 Å². The zero-order chi connectivity index (χ0) is 13.8. The van der Waals surface area contributed by atoms with E-state index in [1.165, 1.54) is 18.4 Å². The van der Waals surface area contributed by atoms with Crippen LogP contribution < -0.4 is 5.32 Å². The SMILES string of the molecule is Cc1ccc(C(=O)NC2CCCCCC2Cl)c(C)c1. The fourth-order valence-electron chi connectivity index (χ4n) is 2.74. The molecule has 1 amide bonds. The highest BCUT2D eigenvalue weighted by Crippen LogP contribution is 2.23. The average molecular weight is 280 g/mol. The number of aryl methyl sites for hydroxylation is 2. The molecule has 19 heavy (non-hydrogen) atoms. The van der Waals surface area contributed by atoms with Crippen LogP contribution in [0.2, 0.25) is 0 Å². The maximum Gasteiger partial charge on any atom is 0.251 e. The van der Waals surface area contributed by atoms with Crippen molar-refractivity contribution in [2.45, 2.75) is 57.4 Å². The Bertz CT molecular complexity index is 458. The first kappa shape index (κ1) is 14.4. The summed E-state index contributed by atoms with van der Waals surface area (Å²) in [5.41, 5.74) is 2.97. The normalized spacial score (nSPS) is 23.7. The number of benzene rings is 1. The molecule has 0 spiro atoms. The third-order valence-corrected chi connectivity index (χ3v) is 4.40. The zero-order valence-electron chi connectivity index (χ0n) is 11.7. The van der Waals surface area contributed by atoms with Crippen molar-refractivity contribution in [1.29, 1.82) is 0 Å². The Morgan fingerprint density at radius 3 is 2.68 bits per heavy atom. The molecule has 2 nitrogen and oxygen atoms in total. The predicted molar refractivity (Wildman–Crippen MR) is 79.9 cm³/mol. The van der Waals surface area contributed by atoms with Crippen molar-refractivity contribution in [2.24, 2.45) is 0 Å². The molecule has 1 saturated carbocycles. The number of nitrogens with one attached hydrogen (secondary N) is 1. The zero-order valence-corrected chi connectivity index (χ0v) is 12.5. The molecule has 1 aliphatic rings. The summed E-state index contributed by atoms with van der Waals surface area (Å²) in [6.45, 7) is 4.02. The molecule has 2 unspecified atom stereocenters. The van der Waals surface area contributed by atoms with Crippen LogP contribution in [0.3, 0.4) is 0 Å². The first-order valence-electron chi connectivity index (χ1n) is 7.10. The number of alkyl halides is 1. The second-order valence-corrected chi connectivity index (χ2v) is 6.11. The summed E-state index contributed by atoms with van der Waals surface area (Å²) in [6, 6.07) is 6.03. The van der Waals surface area contributed by atoms with E-state index < -0.39 is 0 Å². The summed E-state index contributed by atoms with van der Waals surface area (Å²) in [6.07, 6.45) is 5.54. The largest absolute Gasteiger partial charge is 0.348 e. The summed E-state index contributed by atoms with van der Waals surface area (Å²) >= 11 is 6.37. The quantitative estimate of drug-likeness (QED) is 0.644. The Hall–Kier alpha value is -1.02. The number of carbonyl (C=O) groups is 1. The monoisotopic (exact) mass is 279 g/mol. The van der Waals surface area contributed by atoms with Gasteiger partial charge in [-0.05, 0) is 38.3 Å². The van der Waals surface area contributed by atoms with Crippen molar-refractivity contribution in [3.63, 3.8) is 0 Å². The lowest BCUT2D eigenvalue weighted by atomic mass is 10.0. The summed E-state index contributed by atoms with van der Waals surface area (Å²) < 4.78 is 0. The van der Waals surface area contributed by atoms with E-state index in [-0.39, 0.29) is 17.3 Å². The van der Waals surface area contributed by atoms with Crippen LogP contribution in [0.25, 0.3) is 0 Å². The molecule has 2 atom stereocenters. The van der Waals surface area contributed by atoms with Crippen LogP contribution in [0, 0.1) is 13.8 Å². The highest BCUT2D eigenvalue weighted by molar-refractivity contribution is 6.21. The number of carbonyl (C=O) groups excluding carboxylic acids is 1. The van der Waals surface area contributed by atoms with Crippen LogP contribution in [0.5, 0.6) is 0 Å². The van der Waals surface area contributed by atoms with Crippen LogP contribution >= 0.6 is 11.6 Å². The molecule has 0 aliphatic heterocycles. The molecule has 0 saturated heterocycles. The Morgan fingerprint density at radius 1 is 1.21 bits per heavy atom. The van der Waals surface area contributed by atoms with Crippen LogP contribution in [-0.4, -0.2) is 17.3 Å². The van der Waals surface area contributed by atoms with Crippen molar-refractivity contribution >= 4 is 17.5 Å². The summed E-state index contributed by atoms with van der Waals surface area (Å²) in [7, 11) is 0. The minimum atomic E-state index is 0.00931. The topological polar surface area (TPSA) is 29.1 Å². The Morgan fingerprint density at radius 2 is 1.95 bits per heavy atom. The standard InChI is InChI=1S/C16H22ClNO/c1-11-8-9-13(12(2)10-11)16(19)18-15-7-5-3-4-6-14(15)17/h8-10,14-15H,3-7H2,1-2H3,(H,18,19). The minimum absolute atomic E-state index is 0.00931. The van der Waals surface area contributed by atoms with E-state index in [1.54, 1.807) is 0 Å². The molecule has 1 N–H and O–H groups in total. The van der Waals surface area contributed by atoms with Gasteiger partial charge in [-0.3, -0.25) is 4.79 Å². The molecule has 1 fully saturated rings. The number of halogens is 1. The lowest BCUT2D eigenvalue weighted by molar-refractivity contribution is 0.0933. The lowest BCUT2D eigenvalue weighted by Crippen LogP contribution is -2.40. The third kappa shape index (κ3) is 3.73. The molecule has 0 aromatic heterocycles. The van der Waals surface area contributed by atoms with E-state index in [1.807, 2.05) is 32.0 Å². The fourth-order valence-corrected chi connectivity index (χ4v) is 3.08. The van der Waals surface area contributed by atoms with Gasteiger partial charge in [-0.1, -0.05) is 37.0 Å². The van der Waals surface area contributed by atoms with E-state index in [2.05, 4.69) is 5.32 Å². The number of hydrogen-bond donors (Lipinski definition) is 1. The molecule has 3 heteroatoms. The van der Waals surface area contributed by atoms with Gasteiger partial charge in [0.25, 0.3) is 5.91 Å². The molecule has 2 rings (SSSR count). The molecule has 1 aliphatic carbocycles. The van der Waals surface area contributed by atoms with Crippen molar-refractivity contribution < 1.29 is 4.79 Å². The van der Waals surface area contributed by atoms with Gasteiger partial charge < -0.3 is 5.32 Å². The smallest absolute Gasteiger partial charge is 0.251 e. The van der Waals surface area contributed by atoms with Crippen molar-refractivity contribution in [3.8, 4) is 0 Å². The highest BCUT2D eigenvalue weighted by Gasteiger charge is 2.24. The first-order chi connectivity index (χ1) is 9.08. The molecule has 0 heterocycles. The van der Waals surface area contributed by atoms with E-state index >= 15 is 0 Å². The van der Waals surface area contributed by atoms with Crippen LogP contribution in [0.1, 0.15) is 53.6 Å².